The highest BCUT2D eigenvalue weighted by atomic mass is 16.5. The average molecular weight is 584 g/mol. The van der Waals surface area contributed by atoms with Crippen molar-refractivity contribution in [1.82, 2.24) is 0 Å². The molecule has 1 aliphatic carbocycles. The zero-order valence-electron chi connectivity index (χ0n) is 27.8. The number of allylic oxidation sites excluding steroid dienone is 7. The Hall–Kier alpha value is -4.11. The lowest BCUT2D eigenvalue weighted by Gasteiger charge is -2.26. The minimum atomic E-state index is -0.0679. The monoisotopic (exact) mass is 583 g/mol. The quantitative estimate of drug-likeness (QED) is 0.257. The van der Waals surface area contributed by atoms with Crippen LogP contribution in [0.25, 0.3) is 0 Å². The van der Waals surface area contributed by atoms with Gasteiger partial charge < -0.3 is 9.64 Å². The summed E-state index contributed by atoms with van der Waals surface area (Å²) in [7, 11) is 0. The SMILES string of the molecule is CCN1C(=CC=C2CCC(C=CC3=[N+](CC)c4ccc(C)cc4C3(C)C)=C2Oc2ccccc2)C(C)(C)c2cc(C)ccc21. The maximum absolute atomic E-state index is 6.69. The fraction of sp³-hybridized carbons (Fsp3) is 0.341. The van der Waals surface area contributed by atoms with E-state index in [1.165, 1.54) is 56.2 Å². The van der Waals surface area contributed by atoms with Gasteiger partial charge in [-0.2, -0.15) is 4.58 Å². The van der Waals surface area contributed by atoms with Gasteiger partial charge >= 0.3 is 0 Å². The van der Waals surface area contributed by atoms with Crippen LogP contribution in [-0.4, -0.2) is 23.4 Å². The first kappa shape index (κ1) is 29.9. The summed E-state index contributed by atoms with van der Waals surface area (Å²) >= 11 is 0. The number of anilines is 1. The van der Waals surface area contributed by atoms with Crippen LogP contribution in [-0.2, 0) is 10.8 Å². The lowest BCUT2D eigenvalue weighted by Crippen LogP contribution is -2.27. The third kappa shape index (κ3) is 5.07. The molecule has 0 bridgehead atoms. The number of fused-ring (bicyclic) bond motifs is 2. The van der Waals surface area contributed by atoms with Gasteiger partial charge in [-0.05, 0) is 108 Å². The second-order valence-corrected chi connectivity index (χ2v) is 13.5. The number of likely N-dealkylation sites (N-methyl/N-ethyl adjacent to an activating group) is 1. The van der Waals surface area contributed by atoms with Crippen LogP contribution >= 0.6 is 0 Å². The molecule has 3 aromatic rings. The normalized spacial score (nSPS) is 20.4. The summed E-state index contributed by atoms with van der Waals surface area (Å²) in [5, 5.41) is 0. The van der Waals surface area contributed by atoms with Crippen LogP contribution < -0.4 is 9.64 Å². The highest BCUT2D eigenvalue weighted by molar-refractivity contribution is 6.03. The van der Waals surface area contributed by atoms with Gasteiger partial charge in [0.2, 0.25) is 5.69 Å². The molecule has 2 heterocycles. The molecule has 3 nitrogen and oxygen atoms in total. The maximum atomic E-state index is 6.69. The molecule has 0 saturated heterocycles. The van der Waals surface area contributed by atoms with Crippen LogP contribution in [0.5, 0.6) is 5.75 Å². The predicted octanol–water partition coefficient (Wildman–Crippen LogP) is 10.0. The molecule has 6 rings (SSSR count). The Balaban J connectivity index is 1.41. The van der Waals surface area contributed by atoms with Gasteiger partial charge in [0.05, 0.1) is 5.41 Å². The molecule has 44 heavy (non-hydrogen) atoms. The Bertz CT molecular complexity index is 1760. The fourth-order valence-electron chi connectivity index (χ4n) is 7.38. The largest absolute Gasteiger partial charge is 0.457 e. The molecular formula is C41H47N2O+. The number of rotatable bonds is 7. The minimum absolute atomic E-state index is 0.0679. The zero-order chi connectivity index (χ0) is 31.2. The lowest BCUT2D eigenvalue weighted by atomic mass is 9.80. The summed E-state index contributed by atoms with van der Waals surface area (Å²) < 4.78 is 9.16. The lowest BCUT2D eigenvalue weighted by molar-refractivity contribution is -0.433. The number of benzene rings is 3. The highest BCUT2D eigenvalue weighted by Gasteiger charge is 2.44. The van der Waals surface area contributed by atoms with Gasteiger partial charge in [-0.25, -0.2) is 0 Å². The summed E-state index contributed by atoms with van der Waals surface area (Å²) in [6.07, 6.45) is 11.3. The first-order chi connectivity index (χ1) is 21.1. The van der Waals surface area contributed by atoms with Gasteiger partial charge in [-0.15, -0.1) is 0 Å². The third-order valence-electron chi connectivity index (χ3n) is 9.82. The Kier molecular flexibility index (Phi) is 7.78. The van der Waals surface area contributed by atoms with E-state index >= 15 is 0 Å². The first-order valence-electron chi connectivity index (χ1n) is 16.3. The number of para-hydroxylation sites is 1. The van der Waals surface area contributed by atoms with E-state index in [4.69, 9.17) is 4.74 Å². The van der Waals surface area contributed by atoms with E-state index in [1.54, 1.807) is 0 Å². The smallest absolute Gasteiger partial charge is 0.209 e. The molecule has 226 valence electrons. The molecule has 3 aliphatic rings. The van der Waals surface area contributed by atoms with Gasteiger partial charge in [0.1, 0.15) is 18.1 Å². The number of aryl methyl sites for hydroxylation is 2. The van der Waals surface area contributed by atoms with E-state index in [-0.39, 0.29) is 10.8 Å². The fourth-order valence-corrected chi connectivity index (χ4v) is 7.38. The van der Waals surface area contributed by atoms with Crippen molar-refractivity contribution in [1.29, 1.82) is 0 Å². The van der Waals surface area contributed by atoms with Crippen molar-refractivity contribution < 1.29 is 9.31 Å². The second kappa shape index (κ2) is 11.4. The van der Waals surface area contributed by atoms with Crippen LogP contribution in [0.4, 0.5) is 11.4 Å². The minimum Gasteiger partial charge on any atom is -0.457 e. The number of ether oxygens (including phenoxy) is 1. The number of hydrogen-bond donors (Lipinski definition) is 0. The average Bonchev–Trinajstić information content (AvgIpc) is 3.55. The van der Waals surface area contributed by atoms with Crippen molar-refractivity contribution in [3.8, 4) is 5.75 Å². The Morgan fingerprint density at radius 3 is 2.20 bits per heavy atom. The molecule has 3 heteroatoms. The summed E-state index contributed by atoms with van der Waals surface area (Å²) in [6, 6.07) is 24.0. The summed E-state index contributed by atoms with van der Waals surface area (Å²) in [6.45, 7) is 20.2. The zero-order valence-corrected chi connectivity index (χ0v) is 27.8. The van der Waals surface area contributed by atoms with E-state index in [0.717, 1.165) is 37.4 Å². The second-order valence-electron chi connectivity index (χ2n) is 13.5. The van der Waals surface area contributed by atoms with Crippen molar-refractivity contribution in [2.45, 2.75) is 79.1 Å². The standard InChI is InChI=1S/C41H47N2O/c1-9-42-35-22-16-28(3)26-33(35)40(5,6)37(42)24-20-30-18-19-31(39(30)44-32-14-12-11-13-15-32)21-25-38-41(7,8)34-27-29(4)17-23-36(34)43(38)10-2/h11-17,20-27H,9-10,18-19H2,1-8H3/q+1. The van der Waals surface area contributed by atoms with Crippen molar-refractivity contribution in [2.75, 3.05) is 18.0 Å². The van der Waals surface area contributed by atoms with E-state index in [0.29, 0.717) is 0 Å². The molecule has 0 unspecified atom stereocenters. The molecule has 0 amide bonds. The Morgan fingerprint density at radius 1 is 0.795 bits per heavy atom. The van der Waals surface area contributed by atoms with Gasteiger partial charge in [-0.3, -0.25) is 0 Å². The van der Waals surface area contributed by atoms with Crippen LogP contribution in [0.15, 0.2) is 114 Å². The van der Waals surface area contributed by atoms with Crippen molar-refractivity contribution >= 4 is 17.1 Å². The predicted molar refractivity (Wildman–Crippen MR) is 186 cm³/mol. The van der Waals surface area contributed by atoms with Crippen LogP contribution in [0, 0.1) is 13.8 Å². The molecule has 0 fully saturated rings. The van der Waals surface area contributed by atoms with E-state index in [2.05, 4.69) is 126 Å². The summed E-state index contributed by atoms with van der Waals surface area (Å²) in [5.74, 6) is 1.87. The van der Waals surface area contributed by atoms with Crippen LogP contribution in [0.2, 0.25) is 0 Å². The third-order valence-corrected chi connectivity index (χ3v) is 9.82. The van der Waals surface area contributed by atoms with Crippen molar-refractivity contribution in [3.05, 3.63) is 136 Å². The maximum Gasteiger partial charge on any atom is 0.209 e. The summed E-state index contributed by atoms with van der Waals surface area (Å²) in [4.78, 5) is 2.47. The first-order valence-corrected chi connectivity index (χ1v) is 16.3. The van der Waals surface area contributed by atoms with E-state index in [1.807, 2.05) is 30.3 Å². The molecule has 0 radical (unpaired) electrons. The van der Waals surface area contributed by atoms with Gasteiger partial charge in [0.15, 0.2) is 5.71 Å². The molecule has 0 aromatic heterocycles. The molecule has 2 aliphatic heterocycles. The molecule has 0 N–H and O–H groups in total. The van der Waals surface area contributed by atoms with Crippen molar-refractivity contribution in [2.24, 2.45) is 0 Å². The van der Waals surface area contributed by atoms with Crippen molar-refractivity contribution in [3.63, 3.8) is 0 Å². The topological polar surface area (TPSA) is 15.5 Å². The highest BCUT2D eigenvalue weighted by Crippen LogP contribution is 2.48. The van der Waals surface area contributed by atoms with E-state index < -0.39 is 0 Å². The Labute approximate surface area is 264 Å². The van der Waals surface area contributed by atoms with Gasteiger partial charge in [0.25, 0.3) is 0 Å². The van der Waals surface area contributed by atoms with Crippen LogP contribution in [0.3, 0.4) is 0 Å². The molecular weight excluding hydrogens is 536 g/mol. The molecule has 0 atom stereocenters. The number of nitrogens with zero attached hydrogens (tertiary/aromatic N) is 2. The van der Waals surface area contributed by atoms with Gasteiger partial charge in [0, 0.05) is 41.1 Å². The molecule has 3 aromatic carbocycles. The Morgan fingerprint density at radius 2 is 1.50 bits per heavy atom. The molecule has 0 spiro atoms. The summed E-state index contributed by atoms with van der Waals surface area (Å²) in [5.41, 5.74) is 13.1. The molecule has 0 saturated carbocycles. The number of hydrogen-bond acceptors (Lipinski definition) is 2. The van der Waals surface area contributed by atoms with Gasteiger partial charge in [-0.1, -0.05) is 67.4 Å². The van der Waals surface area contributed by atoms with E-state index in [9.17, 15) is 0 Å². The van der Waals surface area contributed by atoms with Crippen LogP contribution in [0.1, 0.15) is 76.6 Å².